The summed E-state index contributed by atoms with van der Waals surface area (Å²) in [6.45, 7) is 4.03. The molecule has 1 atom stereocenters. The Kier molecular flexibility index (Phi) is 4.09. The minimum atomic E-state index is 0.822. The number of aryl methyl sites for hydroxylation is 1. The first-order valence-corrected chi connectivity index (χ1v) is 6.72. The van der Waals surface area contributed by atoms with Gasteiger partial charge in [0.15, 0.2) is 0 Å². The van der Waals surface area contributed by atoms with Crippen molar-refractivity contribution in [3.63, 3.8) is 0 Å². The molecule has 3 nitrogen and oxygen atoms in total. The average molecular weight is 225 g/mol. The molecule has 0 bridgehead atoms. The van der Waals surface area contributed by atoms with E-state index in [4.69, 9.17) is 0 Å². The van der Waals surface area contributed by atoms with Crippen LogP contribution in [0.15, 0.2) is 6.20 Å². The molecule has 1 aliphatic rings. The highest BCUT2D eigenvalue weighted by molar-refractivity contribution is 7.99. The minimum absolute atomic E-state index is 0.822. The van der Waals surface area contributed by atoms with E-state index in [0.29, 0.717) is 0 Å². The van der Waals surface area contributed by atoms with Gasteiger partial charge in [-0.2, -0.15) is 11.8 Å². The van der Waals surface area contributed by atoms with Crippen molar-refractivity contribution in [3.05, 3.63) is 17.7 Å². The van der Waals surface area contributed by atoms with Gasteiger partial charge in [0.1, 0.15) is 5.82 Å². The molecule has 0 saturated carbocycles. The third-order valence-corrected chi connectivity index (χ3v) is 4.12. The molecule has 0 radical (unpaired) electrons. The van der Waals surface area contributed by atoms with Gasteiger partial charge in [0.2, 0.25) is 0 Å². The number of H-pyrrole nitrogens is 1. The zero-order valence-corrected chi connectivity index (χ0v) is 10.1. The number of rotatable bonds is 4. The van der Waals surface area contributed by atoms with Crippen molar-refractivity contribution in [2.45, 2.75) is 38.0 Å². The van der Waals surface area contributed by atoms with Gasteiger partial charge in [0.05, 0.1) is 0 Å². The number of aromatic amines is 1. The van der Waals surface area contributed by atoms with Crippen LogP contribution in [0.25, 0.3) is 0 Å². The van der Waals surface area contributed by atoms with E-state index in [2.05, 4.69) is 27.0 Å². The lowest BCUT2D eigenvalue weighted by molar-refractivity contribution is 0.594. The molecule has 0 aromatic carbocycles. The van der Waals surface area contributed by atoms with Crippen LogP contribution in [-0.2, 0) is 6.54 Å². The van der Waals surface area contributed by atoms with Crippen LogP contribution in [0.4, 0.5) is 0 Å². The fourth-order valence-corrected chi connectivity index (χ4v) is 3.17. The van der Waals surface area contributed by atoms with Crippen molar-refractivity contribution in [2.24, 2.45) is 0 Å². The van der Waals surface area contributed by atoms with E-state index in [1.54, 1.807) is 0 Å². The van der Waals surface area contributed by atoms with E-state index in [1.165, 1.54) is 30.7 Å². The number of nitrogens with one attached hydrogen (secondary N) is 2. The molecule has 0 aliphatic carbocycles. The van der Waals surface area contributed by atoms with Gasteiger partial charge in [0, 0.05) is 30.2 Å². The highest BCUT2D eigenvalue weighted by Crippen LogP contribution is 2.24. The second-order valence-electron chi connectivity index (χ2n) is 4.11. The first kappa shape index (κ1) is 11.0. The molecule has 1 fully saturated rings. The van der Waals surface area contributed by atoms with E-state index >= 15 is 0 Å². The Morgan fingerprint density at radius 1 is 1.60 bits per heavy atom. The van der Waals surface area contributed by atoms with Crippen LogP contribution in [-0.4, -0.2) is 27.5 Å². The summed E-state index contributed by atoms with van der Waals surface area (Å²) < 4.78 is 0. The molecule has 1 aromatic rings. The van der Waals surface area contributed by atoms with Crippen molar-refractivity contribution in [1.29, 1.82) is 0 Å². The summed E-state index contributed by atoms with van der Waals surface area (Å²) in [5, 5.41) is 4.31. The summed E-state index contributed by atoms with van der Waals surface area (Å²) in [5.41, 5.74) is 1.19. The Bertz CT molecular complexity index is 292. The van der Waals surface area contributed by atoms with Gasteiger partial charge in [-0.05, 0) is 25.5 Å². The molecule has 4 heteroatoms. The van der Waals surface area contributed by atoms with E-state index in [9.17, 15) is 0 Å². The topological polar surface area (TPSA) is 40.7 Å². The zero-order chi connectivity index (χ0) is 10.5. The standard InChI is InChI=1S/C11H19N3S/c1-9-13-7-10(14-9)6-12-8-11-4-2-3-5-15-11/h7,11-12H,2-6,8H2,1H3,(H,13,14). The van der Waals surface area contributed by atoms with Gasteiger partial charge >= 0.3 is 0 Å². The first-order valence-electron chi connectivity index (χ1n) is 5.67. The van der Waals surface area contributed by atoms with Crippen LogP contribution < -0.4 is 5.32 Å². The smallest absolute Gasteiger partial charge is 0.103 e. The average Bonchev–Trinajstić information content (AvgIpc) is 2.66. The maximum Gasteiger partial charge on any atom is 0.103 e. The quantitative estimate of drug-likeness (QED) is 0.824. The molecule has 1 saturated heterocycles. The molecule has 1 aliphatic heterocycles. The van der Waals surface area contributed by atoms with Crippen LogP contribution in [0, 0.1) is 6.92 Å². The van der Waals surface area contributed by atoms with Gasteiger partial charge < -0.3 is 10.3 Å². The van der Waals surface area contributed by atoms with Gasteiger partial charge in [-0.25, -0.2) is 4.98 Å². The maximum absolute atomic E-state index is 4.18. The molecule has 2 rings (SSSR count). The molecule has 2 N–H and O–H groups in total. The second kappa shape index (κ2) is 5.56. The first-order chi connectivity index (χ1) is 7.34. The van der Waals surface area contributed by atoms with Crippen molar-refractivity contribution < 1.29 is 0 Å². The van der Waals surface area contributed by atoms with Crippen LogP contribution in [0.3, 0.4) is 0 Å². The highest BCUT2D eigenvalue weighted by Gasteiger charge is 2.12. The molecule has 0 amide bonds. The normalized spacial score (nSPS) is 21.8. The Balaban J connectivity index is 1.65. The zero-order valence-electron chi connectivity index (χ0n) is 9.25. The fourth-order valence-electron chi connectivity index (χ4n) is 1.90. The predicted octanol–water partition coefficient (Wildman–Crippen LogP) is 2.09. The van der Waals surface area contributed by atoms with E-state index in [1.807, 2.05) is 13.1 Å². The third kappa shape index (κ3) is 3.54. The molecule has 1 unspecified atom stereocenters. The Morgan fingerprint density at radius 3 is 3.20 bits per heavy atom. The summed E-state index contributed by atoms with van der Waals surface area (Å²) in [5.74, 6) is 2.34. The van der Waals surface area contributed by atoms with Gasteiger partial charge in [-0.3, -0.25) is 0 Å². The molecular weight excluding hydrogens is 206 g/mol. The molecule has 84 valence electrons. The largest absolute Gasteiger partial charge is 0.345 e. The maximum atomic E-state index is 4.18. The Hall–Kier alpha value is -0.480. The lowest BCUT2D eigenvalue weighted by atomic mass is 10.2. The minimum Gasteiger partial charge on any atom is -0.345 e. The highest BCUT2D eigenvalue weighted by atomic mass is 32.2. The number of imidazole rings is 1. The second-order valence-corrected chi connectivity index (χ2v) is 5.52. The molecule has 15 heavy (non-hydrogen) atoms. The number of hydrogen-bond acceptors (Lipinski definition) is 3. The van der Waals surface area contributed by atoms with Gasteiger partial charge in [-0.1, -0.05) is 6.42 Å². The van der Waals surface area contributed by atoms with Gasteiger partial charge in [0.25, 0.3) is 0 Å². The monoisotopic (exact) mass is 225 g/mol. The molecule has 1 aromatic heterocycles. The van der Waals surface area contributed by atoms with Crippen LogP contribution in [0.1, 0.15) is 30.8 Å². The van der Waals surface area contributed by atoms with Crippen molar-refractivity contribution in [2.75, 3.05) is 12.3 Å². The van der Waals surface area contributed by atoms with E-state index in [0.717, 1.165) is 24.2 Å². The van der Waals surface area contributed by atoms with Crippen LogP contribution in [0.2, 0.25) is 0 Å². The summed E-state index contributed by atoms with van der Waals surface area (Å²) in [6.07, 6.45) is 6.10. The number of aromatic nitrogens is 2. The summed E-state index contributed by atoms with van der Waals surface area (Å²) in [7, 11) is 0. The Morgan fingerprint density at radius 2 is 2.53 bits per heavy atom. The number of thioether (sulfide) groups is 1. The number of nitrogens with zero attached hydrogens (tertiary/aromatic N) is 1. The van der Waals surface area contributed by atoms with Crippen LogP contribution >= 0.6 is 11.8 Å². The Labute approximate surface area is 95.4 Å². The van der Waals surface area contributed by atoms with Crippen molar-refractivity contribution in [1.82, 2.24) is 15.3 Å². The summed E-state index contributed by atoms with van der Waals surface area (Å²) in [6, 6.07) is 0. The van der Waals surface area contributed by atoms with Crippen molar-refractivity contribution in [3.8, 4) is 0 Å². The third-order valence-electron chi connectivity index (χ3n) is 2.72. The van der Waals surface area contributed by atoms with Crippen molar-refractivity contribution >= 4 is 11.8 Å². The SMILES string of the molecule is Cc1ncc(CNCC2CCCCS2)[nH]1. The van der Waals surface area contributed by atoms with E-state index < -0.39 is 0 Å². The van der Waals surface area contributed by atoms with Crippen LogP contribution in [0.5, 0.6) is 0 Å². The molecular formula is C11H19N3S. The lowest BCUT2D eigenvalue weighted by Gasteiger charge is -2.21. The predicted molar refractivity (Wildman–Crippen MR) is 65.1 cm³/mol. The summed E-state index contributed by atoms with van der Waals surface area (Å²) >= 11 is 2.12. The number of hydrogen-bond donors (Lipinski definition) is 2. The van der Waals surface area contributed by atoms with Gasteiger partial charge in [-0.15, -0.1) is 0 Å². The molecule has 2 heterocycles. The fraction of sp³-hybridized carbons (Fsp3) is 0.727. The lowest BCUT2D eigenvalue weighted by Crippen LogP contribution is -2.26. The summed E-state index contributed by atoms with van der Waals surface area (Å²) in [4.78, 5) is 7.41. The molecule has 0 spiro atoms. The van der Waals surface area contributed by atoms with E-state index in [-0.39, 0.29) is 0 Å².